The lowest BCUT2D eigenvalue weighted by atomic mass is 10.1. The van der Waals surface area contributed by atoms with E-state index in [4.69, 9.17) is 0 Å². The molecule has 0 aliphatic carbocycles. The van der Waals surface area contributed by atoms with Crippen molar-refractivity contribution in [2.75, 3.05) is 5.32 Å². The topological polar surface area (TPSA) is 46.9 Å². The summed E-state index contributed by atoms with van der Waals surface area (Å²) < 4.78 is 1.66. The highest BCUT2D eigenvalue weighted by molar-refractivity contribution is 8.04. The number of amides is 1. The van der Waals surface area contributed by atoms with E-state index in [1.54, 1.807) is 23.5 Å². The van der Waals surface area contributed by atoms with Crippen LogP contribution in [0, 0.1) is 11.2 Å². The predicted octanol–water partition coefficient (Wildman–Crippen LogP) is 3.50. The minimum absolute atomic E-state index is 0.137. The molecule has 1 amide bonds. The second-order valence-electron chi connectivity index (χ2n) is 5.14. The Kier molecular flexibility index (Phi) is 5.29. The molecule has 22 heavy (non-hydrogen) atoms. The molecule has 0 spiro atoms. The third kappa shape index (κ3) is 3.92. The second-order valence-corrected chi connectivity index (χ2v) is 6.52. The number of benzene rings is 1. The Morgan fingerprint density at radius 3 is 2.59 bits per heavy atom. The van der Waals surface area contributed by atoms with E-state index in [-0.39, 0.29) is 5.91 Å². The minimum atomic E-state index is -0.137. The molecule has 1 aromatic heterocycles. The third-order valence-corrected chi connectivity index (χ3v) is 3.55. The predicted molar refractivity (Wildman–Crippen MR) is 92.6 cm³/mol. The lowest BCUT2D eigenvalue weighted by Gasteiger charge is -2.03. The molecule has 0 unspecified atom stereocenters. The summed E-state index contributed by atoms with van der Waals surface area (Å²) in [5.41, 5.74) is 2.51. The van der Waals surface area contributed by atoms with Gasteiger partial charge < -0.3 is 5.32 Å². The molecule has 2 rings (SSSR count). The molecule has 0 aliphatic rings. The van der Waals surface area contributed by atoms with Crippen LogP contribution >= 0.6 is 11.8 Å². The molecule has 0 fully saturated rings. The fourth-order valence-corrected chi connectivity index (χ4v) is 2.35. The van der Waals surface area contributed by atoms with Gasteiger partial charge in [0.05, 0.1) is 5.56 Å². The van der Waals surface area contributed by atoms with Crippen LogP contribution in [0.3, 0.4) is 0 Å². The van der Waals surface area contributed by atoms with Crippen LogP contribution in [0.4, 0.5) is 5.82 Å². The molecule has 114 valence electrons. The molecule has 0 saturated heterocycles. The number of hydrogen-bond acceptors (Lipinski definition) is 3. The first-order chi connectivity index (χ1) is 10.5. The van der Waals surface area contributed by atoms with E-state index >= 15 is 0 Å². The number of thioether (sulfide) groups is 1. The van der Waals surface area contributed by atoms with E-state index < -0.39 is 0 Å². The SMILES string of the molecule is CC(=O)Nc1c(C#CSC(C)C)c(-c2ccccc2)nn1C. The number of rotatable bonds is 3. The van der Waals surface area contributed by atoms with Gasteiger partial charge in [0.1, 0.15) is 11.5 Å². The van der Waals surface area contributed by atoms with Crippen LogP contribution in [0.2, 0.25) is 0 Å². The number of anilines is 1. The van der Waals surface area contributed by atoms with Crippen LogP contribution in [0.1, 0.15) is 26.3 Å². The highest BCUT2D eigenvalue weighted by Crippen LogP contribution is 2.28. The highest BCUT2D eigenvalue weighted by atomic mass is 32.2. The van der Waals surface area contributed by atoms with Gasteiger partial charge in [-0.25, -0.2) is 0 Å². The molecule has 0 bridgehead atoms. The maximum atomic E-state index is 11.4. The van der Waals surface area contributed by atoms with Gasteiger partial charge in [-0.2, -0.15) is 5.10 Å². The summed E-state index contributed by atoms with van der Waals surface area (Å²) in [5.74, 6) is 3.64. The lowest BCUT2D eigenvalue weighted by Crippen LogP contribution is -2.10. The number of hydrogen-bond donors (Lipinski definition) is 1. The van der Waals surface area contributed by atoms with Crippen molar-refractivity contribution in [3.63, 3.8) is 0 Å². The second kappa shape index (κ2) is 7.19. The summed E-state index contributed by atoms with van der Waals surface area (Å²) in [7, 11) is 1.80. The van der Waals surface area contributed by atoms with Gasteiger partial charge in [-0.1, -0.05) is 55.9 Å². The van der Waals surface area contributed by atoms with Crippen molar-refractivity contribution in [1.82, 2.24) is 9.78 Å². The zero-order chi connectivity index (χ0) is 16.1. The fraction of sp³-hybridized carbons (Fsp3) is 0.294. The summed E-state index contributed by atoms with van der Waals surface area (Å²) in [6.45, 7) is 5.67. The van der Waals surface area contributed by atoms with E-state index in [2.05, 4.69) is 35.4 Å². The minimum Gasteiger partial charge on any atom is -0.310 e. The number of aryl methyl sites for hydroxylation is 1. The zero-order valence-corrected chi connectivity index (χ0v) is 14.0. The first-order valence-corrected chi connectivity index (χ1v) is 7.93. The van der Waals surface area contributed by atoms with Gasteiger partial charge in [-0.05, 0) is 11.2 Å². The average Bonchev–Trinajstić information content (AvgIpc) is 2.76. The summed E-state index contributed by atoms with van der Waals surface area (Å²) in [6.07, 6.45) is 0. The number of carbonyl (C=O) groups is 1. The number of nitrogens with one attached hydrogen (secondary N) is 1. The quantitative estimate of drug-likeness (QED) is 0.882. The lowest BCUT2D eigenvalue weighted by molar-refractivity contribution is -0.114. The van der Waals surface area contributed by atoms with Crippen LogP contribution < -0.4 is 5.32 Å². The van der Waals surface area contributed by atoms with Crippen LogP contribution in [0.25, 0.3) is 11.3 Å². The first kappa shape index (κ1) is 16.2. The smallest absolute Gasteiger partial charge is 0.222 e. The Balaban J connectivity index is 2.53. The van der Waals surface area contributed by atoms with E-state index in [0.29, 0.717) is 11.1 Å². The Hall–Kier alpha value is -2.19. The Bertz CT molecular complexity index is 724. The molecule has 2 aromatic rings. The molecule has 0 saturated carbocycles. The van der Waals surface area contributed by atoms with Gasteiger partial charge in [0, 0.05) is 24.8 Å². The van der Waals surface area contributed by atoms with Crippen molar-refractivity contribution in [2.24, 2.45) is 7.05 Å². The molecule has 5 heteroatoms. The molecule has 1 N–H and O–H groups in total. The average molecular weight is 313 g/mol. The standard InChI is InChI=1S/C17H19N3OS/c1-12(2)22-11-10-15-16(14-8-6-5-7-9-14)19-20(4)17(15)18-13(3)21/h5-9,12H,1-4H3,(H,18,21). The van der Waals surface area contributed by atoms with Gasteiger partial charge >= 0.3 is 0 Å². The maximum Gasteiger partial charge on any atom is 0.222 e. The summed E-state index contributed by atoms with van der Waals surface area (Å²) >= 11 is 1.56. The van der Waals surface area contributed by atoms with Gasteiger partial charge in [-0.15, -0.1) is 0 Å². The van der Waals surface area contributed by atoms with Crippen molar-refractivity contribution in [1.29, 1.82) is 0 Å². The molecule has 0 aliphatic heterocycles. The van der Waals surface area contributed by atoms with E-state index in [1.807, 2.05) is 30.3 Å². The molecule has 1 aromatic carbocycles. The molecular weight excluding hydrogens is 294 g/mol. The van der Waals surface area contributed by atoms with Crippen molar-refractivity contribution in [2.45, 2.75) is 26.0 Å². The number of aromatic nitrogens is 2. The fourth-order valence-electron chi connectivity index (χ4n) is 1.95. The number of nitrogens with zero attached hydrogens (tertiary/aromatic N) is 2. The van der Waals surface area contributed by atoms with Crippen LogP contribution in [-0.4, -0.2) is 20.9 Å². The van der Waals surface area contributed by atoms with Crippen molar-refractivity contribution in [3.05, 3.63) is 35.9 Å². The largest absolute Gasteiger partial charge is 0.310 e. The maximum absolute atomic E-state index is 11.4. The summed E-state index contributed by atoms with van der Waals surface area (Å²) in [6, 6.07) is 9.85. The Morgan fingerprint density at radius 2 is 2.00 bits per heavy atom. The van der Waals surface area contributed by atoms with Crippen molar-refractivity contribution in [3.8, 4) is 22.4 Å². The van der Waals surface area contributed by atoms with E-state index in [9.17, 15) is 4.79 Å². The van der Waals surface area contributed by atoms with Crippen LogP contribution in [0.15, 0.2) is 30.3 Å². The zero-order valence-electron chi connectivity index (χ0n) is 13.2. The third-order valence-electron chi connectivity index (χ3n) is 2.86. The van der Waals surface area contributed by atoms with Gasteiger partial charge in [-0.3, -0.25) is 9.48 Å². The van der Waals surface area contributed by atoms with Crippen molar-refractivity contribution >= 4 is 23.5 Å². The van der Waals surface area contributed by atoms with Gasteiger partial charge in [0.2, 0.25) is 5.91 Å². The summed E-state index contributed by atoms with van der Waals surface area (Å²) in [5, 5.41) is 10.9. The van der Waals surface area contributed by atoms with E-state index in [1.165, 1.54) is 6.92 Å². The molecule has 4 nitrogen and oxygen atoms in total. The summed E-state index contributed by atoms with van der Waals surface area (Å²) in [4.78, 5) is 11.4. The molecular formula is C17H19N3OS. The monoisotopic (exact) mass is 313 g/mol. The Labute approximate surface area is 135 Å². The van der Waals surface area contributed by atoms with Crippen molar-refractivity contribution < 1.29 is 4.79 Å². The molecule has 0 atom stereocenters. The molecule has 1 heterocycles. The Morgan fingerprint density at radius 1 is 1.32 bits per heavy atom. The van der Waals surface area contributed by atoms with Gasteiger partial charge in [0.15, 0.2) is 0 Å². The van der Waals surface area contributed by atoms with Crippen LogP contribution in [-0.2, 0) is 11.8 Å². The van der Waals surface area contributed by atoms with Crippen LogP contribution in [0.5, 0.6) is 0 Å². The normalized spacial score (nSPS) is 10.2. The highest BCUT2D eigenvalue weighted by Gasteiger charge is 2.17. The first-order valence-electron chi connectivity index (χ1n) is 7.05. The van der Waals surface area contributed by atoms with Gasteiger partial charge in [0.25, 0.3) is 0 Å². The number of carbonyl (C=O) groups excluding carboxylic acids is 1. The molecule has 0 radical (unpaired) electrons. The van der Waals surface area contributed by atoms with E-state index in [0.717, 1.165) is 16.8 Å².